The van der Waals surface area contributed by atoms with E-state index in [1.807, 2.05) is 0 Å². The van der Waals surface area contributed by atoms with Gasteiger partial charge in [-0.25, -0.2) is 13.1 Å². The van der Waals surface area contributed by atoms with Gasteiger partial charge in [0.15, 0.2) is 0 Å². The number of hydrogen-bond donors (Lipinski definition) is 3. The summed E-state index contributed by atoms with van der Waals surface area (Å²) in [5.41, 5.74) is 7.32. The molecular formula is C11H18N4O2S. The third-order valence-electron chi connectivity index (χ3n) is 3.04. The average Bonchev–Trinajstić information content (AvgIpc) is 2.40. The van der Waals surface area contributed by atoms with Gasteiger partial charge in [-0.15, -0.1) is 0 Å². The van der Waals surface area contributed by atoms with Gasteiger partial charge in [-0.05, 0) is 25.2 Å². The standard InChI is InChI=1S/C11H18N4O2S/c1-13-18(16,17)9-2-3-10(12)11(8-9)15-6-4-14-5-7-15/h2-3,8,13-14H,4-7,12H2,1H3. The van der Waals surface area contributed by atoms with Crippen LogP contribution in [0.15, 0.2) is 23.1 Å². The van der Waals surface area contributed by atoms with Crippen molar-refractivity contribution in [2.24, 2.45) is 0 Å². The number of rotatable bonds is 3. The van der Waals surface area contributed by atoms with E-state index in [0.29, 0.717) is 5.69 Å². The first-order valence-electron chi connectivity index (χ1n) is 5.83. The molecule has 0 aliphatic carbocycles. The van der Waals surface area contributed by atoms with Crippen LogP contribution in [0.1, 0.15) is 0 Å². The molecule has 0 aromatic heterocycles. The first-order chi connectivity index (χ1) is 8.54. The third kappa shape index (κ3) is 2.58. The van der Waals surface area contributed by atoms with Crippen LogP contribution in [0.5, 0.6) is 0 Å². The monoisotopic (exact) mass is 270 g/mol. The van der Waals surface area contributed by atoms with Gasteiger partial charge in [-0.2, -0.15) is 0 Å². The zero-order chi connectivity index (χ0) is 13.2. The third-order valence-corrected chi connectivity index (χ3v) is 4.45. The quantitative estimate of drug-likeness (QED) is 0.650. The van der Waals surface area contributed by atoms with Gasteiger partial charge in [-0.3, -0.25) is 0 Å². The molecule has 0 amide bonds. The van der Waals surface area contributed by atoms with Crippen molar-refractivity contribution in [1.82, 2.24) is 10.0 Å². The number of nitrogens with two attached hydrogens (primary N) is 1. The number of anilines is 2. The molecule has 7 heteroatoms. The Morgan fingerprint density at radius 2 is 2.00 bits per heavy atom. The highest BCUT2D eigenvalue weighted by Crippen LogP contribution is 2.26. The Hall–Kier alpha value is -1.31. The first kappa shape index (κ1) is 13.1. The van der Waals surface area contributed by atoms with Crippen molar-refractivity contribution in [1.29, 1.82) is 0 Å². The molecular weight excluding hydrogens is 252 g/mol. The van der Waals surface area contributed by atoms with Gasteiger partial charge in [0, 0.05) is 26.2 Å². The van der Waals surface area contributed by atoms with Crippen LogP contribution >= 0.6 is 0 Å². The predicted octanol–water partition coefficient (Wildman–Crippen LogP) is -0.413. The van der Waals surface area contributed by atoms with Gasteiger partial charge < -0.3 is 16.0 Å². The normalized spacial score (nSPS) is 16.8. The Labute approximate surface area is 107 Å². The molecule has 0 unspecified atom stereocenters. The van der Waals surface area contributed by atoms with Crippen LogP contribution in [0.25, 0.3) is 0 Å². The molecule has 1 saturated heterocycles. The second-order valence-corrected chi connectivity index (χ2v) is 6.05. The Balaban J connectivity index is 2.38. The van der Waals surface area contributed by atoms with Gasteiger partial charge >= 0.3 is 0 Å². The van der Waals surface area contributed by atoms with E-state index in [4.69, 9.17) is 5.73 Å². The van der Waals surface area contributed by atoms with Gasteiger partial charge in [0.2, 0.25) is 10.0 Å². The lowest BCUT2D eigenvalue weighted by Gasteiger charge is -2.30. The molecule has 18 heavy (non-hydrogen) atoms. The summed E-state index contributed by atoms with van der Waals surface area (Å²) in [5, 5.41) is 3.25. The van der Waals surface area contributed by atoms with Crippen molar-refractivity contribution in [3.05, 3.63) is 18.2 Å². The summed E-state index contributed by atoms with van der Waals surface area (Å²) in [4.78, 5) is 2.34. The molecule has 6 nitrogen and oxygen atoms in total. The minimum atomic E-state index is -3.42. The van der Waals surface area contributed by atoms with Gasteiger partial charge in [0.05, 0.1) is 16.3 Å². The van der Waals surface area contributed by atoms with Crippen LogP contribution in [0.3, 0.4) is 0 Å². The van der Waals surface area contributed by atoms with Crippen LogP contribution in [-0.2, 0) is 10.0 Å². The summed E-state index contributed by atoms with van der Waals surface area (Å²) in [6, 6.07) is 4.79. The molecule has 1 aliphatic heterocycles. The maximum absolute atomic E-state index is 11.8. The molecule has 1 aromatic rings. The summed E-state index contributed by atoms with van der Waals surface area (Å²) in [7, 11) is -2.02. The van der Waals surface area contributed by atoms with E-state index in [9.17, 15) is 8.42 Å². The Morgan fingerprint density at radius 3 is 2.61 bits per heavy atom. The van der Waals surface area contributed by atoms with E-state index in [-0.39, 0.29) is 4.90 Å². The first-order valence-corrected chi connectivity index (χ1v) is 7.31. The lowest BCUT2D eigenvalue weighted by Crippen LogP contribution is -2.43. The summed E-state index contributed by atoms with van der Waals surface area (Å²) in [6.45, 7) is 3.41. The smallest absolute Gasteiger partial charge is 0.240 e. The number of hydrogen-bond acceptors (Lipinski definition) is 5. The number of nitrogens with zero attached hydrogens (tertiary/aromatic N) is 1. The van der Waals surface area contributed by atoms with Gasteiger partial charge in [-0.1, -0.05) is 0 Å². The maximum atomic E-state index is 11.8. The highest BCUT2D eigenvalue weighted by molar-refractivity contribution is 7.89. The lowest BCUT2D eigenvalue weighted by molar-refractivity contribution is 0.585. The second kappa shape index (κ2) is 5.13. The van der Waals surface area contributed by atoms with E-state index in [1.54, 1.807) is 12.1 Å². The highest BCUT2D eigenvalue weighted by Gasteiger charge is 2.17. The average molecular weight is 270 g/mol. The molecule has 0 radical (unpaired) electrons. The van der Waals surface area contributed by atoms with Crippen molar-refractivity contribution in [3.63, 3.8) is 0 Å². The number of benzene rings is 1. The minimum absolute atomic E-state index is 0.243. The summed E-state index contributed by atoms with van der Waals surface area (Å²) >= 11 is 0. The van der Waals surface area contributed by atoms with Crippen LogP contribution in [0, 0.1) is 0 Å². The minimum Gasteiger partial charge on any atom is -0.397 e. The Kier molecular flexibility index (Phi) is 3.74. The molecule has 2 rings (SSSR count). The number of sulfonamides is 1. The summed E-state index contributed by atoms with van der Waals surface area (Å²) in [5.74, 6) is 0. The molecule has 1 fully saturated rings. The zero-order valence-electron chi connectivity index (χ0n) is 10.3. The number of piperazine rings is 1. The molecule has 0 atom stereocenters. The van der Waals surface area contributed by atoms with Crippen molar-refractivity contribution in [2.45, 2.75) is 4.90 Å². The molecule has 100 valence electrons. The molecule has 1 aliphatic rings. The van der Waals surface area contributed by atoms with Crippen LogP contribution < -0.4 is 20.7 Å². The largest absolute Gasteiger partial charge is 0.397 e. The molecule has 4 N–H and O–H groups in total. The van der Waals surface area contributed by atoms with E-state index >= 15 is 0 Å². The van der Waals surface area contributed by atoms with Crippen molar-refractivity contribution in [3.8, 4) is 0 Å². The van der Waals surface area contributed by atoms with E-state index < -0.39 is 10.0 Å². The number of nitrogen functional groups attached to an aromatic ring is 1. The number of nitrogens with one attached hydrogen (secondary N) is 2. The fraction of sp³-hybridized carbons (Fsp3) is 0.455. The maximum Gasteiger partial charge on any atom is 0.240 e. The summed E-state index contributed by atoms with van der Waals surface area (Å²) < 4.78 is 25.8. The van der Waals surface area contributed by atoms with Crippen molar-refractivity contribution >= 4 is 21.4 Å². The SMILES string of the molecule is CNS(=O)(=O)c1ccc(N)c(N2CCNCC2)c1. The Morgan fingerprint density at radius 1 is 1.33 bits per heavy atom. The Bertz CT molecular complexity index is 524. The van der Waals surface area contributed by atoms with Gasteiger partial charge in [0.25, 0.3) is 0 Å². The molecule has 0 bridgehead atoms. The lowest BCUT2D eigenvalue weighted by atomic mass is 10.2. The molecule has 1 aromatic carbocycles. The molecule has 0 spiro atoms. The van der Waals surface area contributed by atoms with Gasteiger partial charge in [0.1, 0.15) is 0 Å². The van der Waals surface area contributed by atoms with Crippen LogP contribution in [0.4, 0.5) is 11.4 Å². The zero-order valence-corrected chi connectivity index (χ0v) is 11.1. The predicted molar refractivity (Wildman–Crippen MR) is 72.2 cm³/mol. The van der Waals surface area contributed by atoms with Crippen molar-refractivity contribution in [2.75, 3.05) is 43.9 Å². The second-order valence-electron chi connectivity index (χ2n) is 4.17. The highest BCUT2D eigenvalue weighted by atomic mass is 32.2. The van der Waals surface area contributed by atoms with Crippen molar-refractivity contribution < 1.29 is 8.42 Å². The van der Waals surface area contributed by atoms with Crippen LogP contribution in [0.2, 0.25) is 0 Å². The molecule has 0 saturated carbocycles. The van der Waals surface area contributed by atoms with E-state index in [2.05, 4.69) is 14.9 Å². The molecule has 1 heterocycles. The van der Waals surface area contributed by atoms with Crippen LogP contribution in [-0.4, -0.2) is 41.6 Å². The summed E-state index contributed by atoms with van der Waals surface area (Å²) in [6.07, 6.45) is 0. The van der Waals surface area contributed by atoms with E-state index in [1.165, 1.54) is 13.1 Å². The van der Waals surface area contributed by atoms with E-state index in [0.717, 1.165) is 31.9 Å². The topological polar surface area (TPSA) is 87.5 Å². The fourth-order valence-electron chi connectivity index (χ4n) is 1.99. The fourth-order valence-corrected chi connectivity index (χ4v) is 2.74.